The molecule has 0 aromatic heterocycles. The van der Waals surface area contributed by atoms with E-state index >= 15 is 0 Å². The number of esters is 2. The lowest BCUT2D eigenvalue weighted by Crippen LogP contribution is -2.37. The molecule has 4 heteroatoms. The Morgan fingerprint density at radius 3 is 2.13 bits per heavy atom. The zero-order valence-electron chi connectivity index (χ0n) is 9.07. The second-order valence-corrected chi connectivity index (χ2v) is 4.66. The molecule has 0 atom stereocenters. The van der Waals surface area contributed by atoms with E-state index in [0.717, 1.165) is 25.9 Å². The first-order valence-corrected chi connectivity index (χ1v) is 5.57. The fourth-order valence-corrected chi connectivity index (χ4v) is 2.54. The van der Waals surface area contributed by atoms with Crippen LogP contribution < -0.4 is 0 Å². The Morgan fingerprint density at radius 2 is 1.60 bits per heavy atom. The largest absolute Gasteiger partial charge is 0.393 e. The summed E-state index contributed by atoms with van der Waals surface area (Å²) in [4.78, 5) is 24.6. The average Bonchev–Trinajstić information content (AvgIpc) is 2.17. The molecule has 0 saturated carbocycles. The van der Waals surface area contributed by atoms with E-state index in [4.69, 9.17) is 0 Å². The van der Waals surface area contributed by atoms with Gasteiger partial charge in [-0.2, -0.15) is 0 Å². The number of carbonyl (C=O) groups is 2. The maximum atomic E-state index is 11.1. The van der Waals surface area contributed by atoms with Gasteiger partial charge in [-0.15, -0.1) is 0 Å². The maximum absolute atomic E-state index is 11.1. The molecule has 2 heterocycles. The average molecular weight is 211 g/mol. The molecule has 84 valence electrons. The quantitative estimate of drug-likeness (QED) is 0.475. The van der Waals surface area contributed by atoms with Crippen LogP contribution in [0.1, 0.15) is 25.7 Å². The molecule has 2 saturated heterocycles. The van der Waals surface area contributed by atoms with E-state index in [1.54, 1.807) is 0 Å². The van der Waals surface area contributed by atoms with Gasteiger partial charge in [0.15, 0.2) is 0 Å². The molecule has 2 aliphatic rings. The van der Waals surface area contributed by atoms with Crippen LogP contribution in [0.3, 0.4) is 0 Å². The third-order valence-electron chi connectivity index (χ3n) is 3.52. The van der Waals surface area contributed by atoms with Gasteiger partial charge in [0.2, 0.25) is 0 Å². The molecular formula is C11H17NO3. The number of likely N-dealkylation sites (tertiary alicyclic amines) is 1. The van der Waals surface area contributed by atoms with Crippen molar-refractivity contribution in [2.24, 2.45) is 11.8 Å². The van der Waals surface area contributed by atoms with E-state index in [1.165, 1.54) is 0 Å². The van der Waals surface area contributed by atoms with Crippen molar-refractivity contribution in [2.45, 2.75) is 25.7 Å². The summed E-state index contributed by atoms with van der Waals surface area (Å²) in [7, 11) is 2.11. The molecule has 0 amide bonds. The molecule has 15 heavy (non-hydrogen) atoms. The maximum Gasteiger partial charge on any atom is 0.313 e. The number of nitrogens with zero attached hydrogens (tertiary/aromatic N) is 1. The van der Waals surface area contributed by atoms with Crippen molar-refractivity contribution in [1.82, 2.24) is 4.90 Å². The summed E-state index contributed by atoms with van der Waals surface area (Å²) in [5, 5.41) is 0. The lowest BCUT2D eigenvalue weighted by molar-refractivity contribution is -0.166. The molecule has 0 radical (unpaired) electrons. The molecule has 0 N–H and O–H groups in total. The van der Waals surface area contributed by atoms with Crippen LogP contribution in [-0.4, -0.2) is 37.0 Å². The molecular weight excluding hydrogens is 194 g/mol. The van der Waals surface area contributed by atoms with Gasteiger partial charge in [0.05, 0.1) is 0 Å². The minimum Gasteiger partial charge on any atom is -0.393 e. The standard InChI is InChI=1S/C11H17NO3/c1-12-4-2-8(3-5-12)9-6-10(13)15-11(14)7-9/h8-9H,2-7H2,1H3. The predicted octanol–water partition coefficient (Wildman–Crippen LogP) is 0.808. The van der Waals surface area contributed by atoms with Crippen LogP contribution in [0.4, 0.5) is 0 Å². The molecule has 0 aromatic carbocycles. The van der Waals surface area contributed by atoms with Crippen LogP contribution >= 0.6 is 0 Å². The van der Waals surface area contributed by atoms with Gasteiger partial charge in [0, 0.05) is 12.8 Å². The van der Waals surface area contributed by atoms with Gasteiger partial charge in [0.25, 0.3) is 0 Å². The number of rotatable bonds is 1. The minimum absolute atomic E-state index is 0.229. The summed E-state index contributed by atoms with van der Waals surface area (Å²) in [6.45, 7) is 2.15. The van der Waals surface area contributed by atoms with Crippen molar-refractivity contribution < 1.29 is 14.3 Å². The van der Waals surface area contributed by atoms with E-state index in [-0.39, 0.29) is 17.9 Å². The van der Waals surface area contributed by atoms with Gasteiger partial charge in [-0.1, -0.05) is 0 Å². The van der Waals surface area contributed by atoms with Crippen molar-refractivity contribution in [1.29, 1.82) is 0 Å². The van der Waals surface area contributed by atoms with E-state index in [0.29, 0.717) is 18.8 Å². The lowest BCUT2D eigenvalue weighted by Gasteiger charge is -2.34. The van der Waals surface area contributed by atoms with Gasteiger partial charge in [0.1, 0.15) is 0 Å². The van der Waals surface area contributed by atoms with Crippen LogP contribution in [0.25, 0.3) is 0 Å². The van der Waals surface area contributed by atoms with Gasteiger partial charge < -0.3 is 9.64 Å². The fourth-order valence-electron chi connectivity index (χ4n) is 2.54. The highest BCUT2D eigenvalue weighted by Crippen LogP contribution is 2.32. The van der Waals surface area contributed by atoms with Gasteiger partial charge in [-0.3, -0.25) is 9.59 Å². The Morgan fingerprint density at radius 1 is 1.07 bits per heavy atom. The van der Waals surface area contributed by atoms with Gasteiger partial charge in [-0.25, -0.2) is 0 Å². The number of piperidine rings is 1. The lowest BCUT2D eigenvalue weighted by atomic mass is 9.80. The molecule has 0 aliphatic carbocycles. The van der Waals surface area contributed by atoms with E-state index < -0.39 is 0 Å². The minimum atomic E-state index is -0.338. The van der Waals surface area contributed by atoms with E-state index in [2.05, 4.69) is 16.7 Å². The van der Waals surface area contributed by atoms with Crippen molar-refractivity contribution in [2.75, 3.05) is 20.1 Å². The number of carbonyl (C=O) groups excluding carboxylic acids is 2. The number of ether oxygens (including phenoxy) is 1. The number of hydrogen-bond acceptors (Lipinski definition) is 4. The molecule has 2 fully saturated rings. The van der Waals surface area contributed by atoms with Crippen molar-refractivity contribution in [3.05, 3.63) is 0 Å². The monoisotopic (exact) mass is 211 g/mol. The molecule has 2 aliphatic heterocycles. The molecule has 4 nitrogen and oxygen atoms in total. The van der Waals surface area contributed by atoms with Crippen LogP contribution in [0.15, 0.2) is 0 Å². The summed E-state index contributed by atoms with van der Waals surface area (Å²) < 4.78 is 4.54. The Hall–Kier alpha value is -0.900. The first-order valence-electron chi connectivity index (χ1n) is 5.57. The number of cyclic esters (lactones) is 2. The molecule has 0 unspecified atom stereocenters. The highest BCUT2D eigenvalue weighted by molar-refractivity contribution is 5.88. The van der Waals surface area contributed by atoms with E-state index in [9.17, 15) is 9.59 Å². The molecule has 2 rings (SSSR count). The van der Waals surface area contributed by atoms with Crippen molar-refractivity contribution in [3.63, 3.8) is 0 Å². The zero-order chi connectivity index (χ0) is 10.8. The first kappa shape index (κ1) is 10.6. The van der Waals surface area contributed by atoms with Crippen molar-refractivity contribution in [3.8, 4) is 0 Å². The number of hydrogen-bond donors (Lipinski definition) is 0. The molecule has 0 bridgehead atoms. The summed E-state index contributed by atoms with van der Waals surface area (Å²) in [5.74, 6) is 0.0795. The summed E-state index contributed by atoms with van der Waals surface area (Å²) in [5.41, 5.74) is 0. The first-order chi connectivity index (χ1) is 7.15. The fraction of sp³-hybridized carbons (Fsp3) is 0.818. The third-order valence-corrected chi connectivity index (χ3v) is 3.52. The Labute approximate surface area is 89.6 Å². The Bertz CT molecular complexity index is 253. The second-order valence-electron chi connectivity index (χ2n) is 4.66. The smallest absolute Gasteiger partial charge is 0.313 e. The topological polar surface area (TPSA) is 46.6 Å². The summed E-state index contributed by atoms with van der Waals surface area (Å²) >= 11 is 0. The van der Waals surface area contributed by atoms with Crippen LogP contribution in [0.5, 0.6) is 0 Å². The Kier molecular flexibility index (Phi) is 3.05. The summed E-state index contributed by atoms with van der Waals surface area (Å²) in [6, 6.07) is 0. The van der Waals surface area contributed by atoms with Crippen LogP contribution in [0.2, 0.25) is 0 Å². The highest BCUT2D eigenvalue weighted by Gasteiger charge is 2.33. The van der Waals surface area contributed by atoms with Crippen molar-refractivity contribution >= 4 is 11.9 Å². The normalized spacial score (nSPS) is 26.7. The second kappa shape index (κ2) is 4.31. The zero-order valence-corrected chi connectivity index (χ0v) is 9.07. The Balaban J connectivity index is 1.92. The SMILES string of the molecule is CN1CCC(C2CC(=O)OC(=O)C2)CC1. The third kappa shape index (κ3) is 2.56. The van der Waals surface area contributed by atoms with Crippen LogP contribution in [0, 0.1) is 11.8 Å². The van der Waals surface area contributed by atoms with E-state index in [1.807, 2.05) is 0 Å². The predicted molar refractivity (Wildman–Crippen MR) is 54.0 cm³/mol. The van der Waals surface area contributed by atoms with Gasteiger partial charge >= 0.3 is 11.9 Å². The highest BCUT2D eigenvalue weighted by atomic mass is 16.6. The molecule has 0 aromatic rings. The molecule has 0 spiro atoms. The van der Waals surface area contributed by atoms with Gasteiger partial charge in [-0.05, 0) is 44.8 Å². The summed E-state index contributed by atoms with van der Waals surface area (Å²) in [6.07, 6.45) is 3.06. The van der Waals surface area contributed by atoms with Crippen LogP contribution in [-0.2, 0) is 14.3 Å².